The van der Waals surface area contributed by atoms with E-state index in [1.807, 2.05) is 48.5 Å². The van der Waals surface area contributed by atoms with E-state index in [2.05, 4.69) is 20.6 Å². The summed E-state index contributed by atoms with van der Waals surface area (Å²) in [4.78, 5) is 20.6. The molecule has 0 bridgehead atoms. The summed E-state index contributed by atoms with van der Waals surface area (Å²) in [7, 11) is 1.60. The van der Waals surface area contributed by atoms with Gasteiger partial charge in [0.25, 0.3) is 5.91 Å². The SMILES string of the molecule is COc1ccccc1Nc1ncc(C(=O)NCCc2ccc(Cl)cc2)cn1. The number of para-hydroxylation sites is 2. The van der Waals surface area contributed by atoms with Crippen LogP contribution < -0.4 is 15.4 Å². The van der Waals surface area contributed by atoms with Crippen molar-refractivity contribution in [1.29, 1.82) is 0 Å². The van der Waals surface area contributed by atoms with Gasteiger partial charge >= 0.3 is 0 Å². The first-order valence-electron chi connectivity index (χ1n) is 8.40. The number of benzene rings is 2. The minimum Gasteiger partial charge on any atom is -0.495 e. The van der Waals surface area contributed by atoms with E-state index in [4.69, 9.17) is 16.3 Å². The van der Waals surface area contributed by atoms with Crippen molar-refractivity contribution >= 4 is 29.1 Å². The molecule has 2 N–H and O–H groups in total. The molecule has 0 aliphatic rings. The molecule has 1 heterocycles. The number of hydrogen-bond acceptors (Lipinski definition) is 5. The maximum absolute atomic E-state index is 12.2. The first-order chi connectivity index (χ1) is 13.2. The Balaban J connectivity index is 1.54. The Morgan fingerprint density at radius 1 is 1.07 bits per heavy atom. The first kappa shape index (κ1) is 18.7. The van der Waals surface area contributed by atoms with Crippen LogP contribution in [0, 0.1) is 0 Å². The zero-order valence-electron chi connectivity index (χ0n) is 14.8. The third kappa shape index (κ3) is 5.18. The van der Waals surface area contributed by atoms with Gasteiger partial charge in [-0.05, 0) is 36.2 Å². The minimum absolute atomic E-state index is 0.215. The number of methoxy groups -OCH3 is 1. The molecule has 0 fully saturated rings. The van der Waals surface area contributed by atoms with E-state index >= 15 is 0 Å². The third-order valence-electron chi connectivity index (χ3n) is 3.88. The fourth-order valence-electron chi connectivity index (χ4n) is 2.45. The predicted octanol–water partition coefficient (Wildman–Crippen LogP) is 3.85. The average Bonchev–Trinajstić information content (AvgIpc) is 2.70. The average molecular weight is 383 g/mol. The van der Waals surface area contributed by atoms with Crippen LogP contribution >= 0.6 is 11.6 Å². The summed E-state index contributed by atoms with van der Waals surface area (Å²) < 4.78 is 5.28. The van der Waals surface area contributed by atoms with Crippen LogP contribution in [0.5, 0.6) is 5.75 Å². The molecule has 27 heavy (non-hydrogen) atoms. The second kappa shape index (κ2) is 9.00. The normalized spacial score (nSPS) is 10.3. The van der Waals surface area contributed by atoms with Crippen LogP contribution in [-0.2, 0) is 6.42 Å². The van der Waals surface area contributed by atoms with E-state index in [0.29, 0.717) is 28.8 Å². The van der Waals surface area contributed by atoms with Gasteiger partial charge in [0.05, 0.1) is 18.4 Å². The molecule has 6 nitrogen and oxygen atoms in total. The topological polar surface area (TPSA) is 76.1 Å². The van der Waals surface area contributed by atoms with Gasteiger partial charge in [0, 0.05) is 24.0 Å². The summed E-state index contributed by atoms with van der Waals surface area (Å²) in [6.07, 6.45) is 3.70. The molecule has 7 heteroatoms. The molecular weight excluding hydrogens is 364 g/mol. The molecule has 0 aliphatic carbocycles. The highest BCUT2D eigenvalue weighted by Crippen LogP contribution is 2.25. The monoisotopic (exact) mass is 382 g/mol. The molecule has 0 unspecified atom stereocenters. The van der Waals surface area contributed by atoms with Gasteiger partial charge in [0.2, 0.25) is 5.95 Å². The maximum atomic E-state index is 12.2. The third-order valence-corrected chi connectivity index (χ3v) is 4.13. The largest absolute Gasteiger partial charge is 0.495 e. The molecule has 1 aromatic heterocycles. The van der Waals surface area contributed by atoms with Crippen molar-refractivity contribution in [1.82, 2.24) is 15.3 Å². The van der Waals surface area contributed by atoms with Gasteiger partial charge in [-0.25, -0.2) is 9.97 Å². The molecule has 3 aromatic rings. The number of hydrogen-bond donors (Lipinski definition) is 2. The van der Waals surface area contributed by atoms with Gasteiger partial charge in [-0.1, -0.05) is 35.9 Å². The lowest BCUT2D eigenvalue weighted by Gasteiger charge is -2.10. The Morgan fingerprint density at radius 3 is 2.48 bits per heavy atom. The Labute approximate surface area is 162 Å². The number of nitrogens with zero attached hydrogens (tertiary/aromatic N) is 2. The molecule has 138 valence electrons. The molecule has 1 amide bonds. The number of ether oxygens (including phenoxy) is 1. The Kier molecular flexibility index (Phi) is 6.22. The van der Waals surface area contributed by atoms with E-state index in [1.54, 1.807) is 7.11 Å². The van der Waals surface area contributed by atoms with Crippen LogP contribution in [-0.4, -0.2) is 29.5 Å². The van der Waals surface area contributed by atoms with Gasteiger partial charge in [-0.15, -0.1) is 0 Å². The lowest BCUT2D eigenvalue weighted by molar-refractivity contribution is 0.0953. The summed E-state index contributed by atoms with van der Waals surface area (Å²) in [6.45, 7) is 0.516. The molecule has 0 atom stereocenters. The molecular formula is C20H19ClN4O2. The minimum atomic E-state index is -0.215. The number of nitrogens with one attached hydrogen (secondary N) is 2. The maximum Gasteiger partial charge on any atom is 0.254 e. The summed E-state index contributed by atoms with van der Waals surface area (Å²) in [5.41, 5.74) is 2.25. The molecule has 2 aromatic carbocycles. The summed E-state index contributed by atoms with van der Waals surface area (Å²) >= 11 is 5.86. The molecule has 3 rings (SSSR count). The van der Waals surface area contributed by atoms with Gasteiger partial charge in [-0.2, -0.15) is 0 Å². The molecule has 0 spiro atoms. The number of halogens is 1. The highest BCUT2D eigenvalue weighted by molar-refractivity contribution is 6.30. The lowest BCUT2D eigenvalue weighted by Crippen LogP contribution is -2.26. The van der Waals surface area contributed by atoms with Gasteiger partial charge in [0.15, 0.2) is 0 Å². The highest BCUT2D eigenvalue weighted by atomic mass is 35.5. The quantitative estimate of drug-likeness (QED) is 0.649. The first-order valence-corrected chi connectivity index (χ1v) is 8.78. The highest BCUT2D eigenvalue weighted by Gasteiger charge is 2.08. The standard InChI is InChI=1S/C20H19ClN4O2/c1-27-18-5-3-2-4-17(18)25-20-23-12-15(13-24-20)19(26)22-11-10-14-6-8-16(21)9-7-14/h2-9,12-13H,10-11H2,1H3,(H,22,26)(H,23,24,25). The number of anilines is 2. The summed E-state index contributed by atoms with van der Waals surface area (Å²) in [6, 6.07) is 15.0. The Bertz CT molecular complexity index is 899. The number of rotatable bonds is 7. The van der Waals surface area contributed by atoms with E-state index in [-0.39, 0.29) is 5.91 Å². The fraction of sp³-hybridized carbons (Fsp3) is 0.150. The van der Waals surface area contributed by atoms with Crippen LogP contribution in [0.2, 0.25) is 5.02 Å². The van der Waals surface area contributed by atoms with Crippen LogP contribution in [0.4, 0.5) is 11.6 Å². The Morgan fingerprint density at radius 2 is 1.78 bits per heavy atom. The smallest absolute Gasteiger partial charge is 0.254 e. The van der Waals surface area contributed by atoms with Crippen LogP contribution in [0.15, 0.2) is 60.9 Å². The van der Waals surface area contributed by atoms with Crippen LogP contribution in [0.25, 0.3) is 0 Å². The van der Waals surface area contributed by atoms with Crippen molar-refractivity contribution in [3.05, 3.63) is 77.1 Å². The van der Waals surface area contributed by atoms with Crippen LogP contribution in [0.3, 0.4) is 0 Å². The van der Waals surface area contributed by atoms with Crippen molar-refractivity contribution in [2.75, 3.05) is 19.0 Å². The predicted molar refractivity (Wildman–Crippen MR) is 106 cm³/mol. The second-order valence-corrected chi connectivity index (χ2v) is 6.19. The Hall–Kier alpha value is -3.12. The summed E-state index contributed by atoms with van der Waals surface area (Å²) in [5.74, 6) is 0.857. The van der Waals surface area contributed by atoms with Crippen molar-refractivity contribution in [3.8, 4) is 5.75 Å². The van der Waals surface area contributed by atoms with E-state index < -0.39 is 0 Å². The van der Waals surface area contributed by atoms with Gasteiger partial charge in [-0.3, -0.25) is 4.79 Å². The second-order valence-electron chi connectivity index (χ2n) is 5.75. The molecule has 0 saturated heterocycles. The van der Waals surface area contributed by atoms with Crippen molar-refractivity contribution in [2.45, 2.75) is 6.42 Å². The molecule has 0 aliphatic heterocycles. The zero-order valence-corrected chi connectivity index (χ0v) is 15.5. The molecule has 0 saturated carbocycles. The number of carbonyl (C=O) groups is 1. The molecule has 0 radical (unpaired) electrons. The van der Waals surface area contributed by atoms with E-state index in [0.717, 1.165) is 17.7 Å². The summed E-state index contributed by atoms with van der Waals surface area (Å²) in [5, 5.41) is 6.62. The van der Waals surface area contributed by atoms with E-state index in [9.17, 15) is 4.79 Å². The van der Waals surface area contributed by atoms with E-state index in [1.165, 1.54) is 12.4 Å². The number of carbonyl (C=O) groups excluding carboxylic acids is 1. The number of amides is 1. The van der Waals surface area contributed by atoms with Crippen molar-refractivity contribution in [2.24, 2.45) is 0 Å². The van der Waals surface area contributed by atoms with Gasteiger partial charge < -0.3 is 15.4 Å². The van der Waals surface area contributed by atoms with Crippen molar-refractivity contribution in [3.63, 3.8) is 0 Å². The number of aromatic nitrogens is 2. The van der Waals surface area contributed by atoms with Gasteiger partial charge in [0.1, 0.15) is 5.75 Å². The van der Waals surface area contributed by atoms with Crippen molar-refractivity contribution < 1.29 is 9.53 Å². The van der Waals surface area contributed by atoms with Crippen LogP contribution in [0.1, 0.15) is 15.9 Å². The lowest BCUT2D eigenvalue weighted by atomic mass is 10.1. The fourth-order valence-corrected chi connectivity index (χ4v) is 2.58. The zero-order chi connectivity index (χ0) is 19.1.